The molecule has 0 radical (unpaired) electrons. The Kier molecular flexibility index (Phi) is 5.09. The van der Waals surface area contributed by atoms with Crippen molar-refractivity contribution < 1.29 is 0 Å². The van der Waals surface area contributed by atoms with E-state index in [1.54, 1.807) is 0 Å². The van der Waals surface area contributed by atoms with Crippen molar-refractivity contribution in [1.82, 2.24) is 20.4 Å². The number of aryl methyl sites for hydroxylation is 1. The van der Waals surface area contributed by atoms with E-state index in [0.717, 1.165) is 13.1 Å². The maximum Gasteiger partial charge on any atom is 0.0794 e. The van der Waals surface area contributed by atoms with Crippen LogP contribution in [-0.4, -0.2) is 41.3 Å². The molecule has 2 heterocycles. The van der Waals surface area contributed by atoms with Gasteiger partial charge < -0.3 is 10.2 Å². The quantitative estimate of drug-likeness (QED) is 0.783. The molecule has 1 aromatic rings. The average molecular weight is 276 g/mol. The van der Waals surface area contributed by atoms with Crippen LogP contribution in [0, 0.1) is 0 Å². The van der Waals surface area contributed by atoms with Gasteiger partial charge in [0.25, 0.3) is 0 Å². The van der Waals surface area contributed by atoms with Crippen LogP contribution in [0.3, 0.4) is 0 Å². The van der Waals surface area contributed by atoms with E-state index in [1.165, 1.54) is 88.0 Å². The van der Waals surface area contributed by atoms with E-state index < -0.39 is 0 Å². The predicted octanol–water partition coefficient (Wildman–Crippen LogP) is 2.25. The number of H-pyrrole nitrogens is 1. The van der Waals surface area contributed by atoms with Crippen LogP contribution in [0.25, 0.3) is 0 Å². The van der Waals surface area contributed by atoms with Gasteiger partial charge in [0.15, 0.2) is 0 Å². The highest BCUT2D eigenvalue weighted by Gasteiger charge is 2.16. The summed E-state index contributed by atoms with van der Waals surface area (Å²) >= 11 is 0. The highest BCUT2D eigenvalue weighted by molar-refractivity contribution is 5.27. The summed E-state index contributed by atoms with van der Waals surface area (Å²) in [5, 5.41) is 11.3. The predicted molar refractivity (Wildman–Crippen MR) is 81.8 cm³/mol. The standard InChI is InChI=1S/C16H28N4/c1-4-10-20(11-5-1)12-6-9-17-13-16-14-7-2-3-8-15(14)18-19-16/h17H,1-13H2,(H,18,19). The van der Waals surface area contributed by atoms with Crippen molar-refractivity contribution in [3.63, 3.8) is 0 Å². The summed E-state index contributed by atoms with van der Waals surface area (Å²) in [5.74, 6) is 0. The van der Waals surface area contributed by atoms with Crippen LogP contribution in [0.15, 0.2) is 0 Å². The number of aromatic nitrogens is 2. The van der Waals surface area contributed by atoms with Crippen molar-refractivity contribution in [3.05, 3.63) is 17.0 Å². The van der Waals surface area contributed by atoms with Gasteiger partial charge in [-0.2, -0.15) is 5.10 Å². The van der Waals surface area contributed by atoms with Crippen molar-refractivity contribution in [1.29, 1.82) is 0 Å². The van der Waals surface area contributed by atoms with E-state index in [9.17, 15) is 0 Å². The Bertz CT molecular complexity index is 407. The summed E-state index contributed by atoms with van der Waals surface area (Å²) in [6.45, 7) is 5.93. The fourth-order valence-electron chi connectivity index (χ4n) is 3.51. The topological polar surface area (TPSA) is 44.0 Å². The maximum atomic E-state index is 4.49. The summed E-state index contributed by atoms with van der Waals surface area (Å²) in [6.07, 6.45) is 10.5. The number of hydrogen-bond acceptors (Lipinski definition) is 3. The summed E-state index contributed by atoms with van der Waals surface area (Å²) < 4.78 is 0. The molecule has 2 N–H and O–H groups in total. The van der Waals surface area contributed by atoms with Crippen LogP contribution in [-0.2, 0) is 19.4 Å². The Hall–Kier alpha value is -0.870. The largest absolute Gasteiger partial charge is 0.311 e. The third kappa shape index (κ3) is 3.61. The first-order chi connectivity index (χ1) is 9.93. The molecule has 0 aromatic carbocycles. The number of likely N-dealkylation sites (tertiary alicyclic amines) is 1. The number of rotatable bonds is 6. The van der Waals surface area contributed by atoms with Crippen molar-refractivity contribution in [3.8, 4) is 0 Å². The SMILES string of the molecule is C1CCN(CCCNCc2n[nH]c3c2CCCC3)CC1. The van der Waals surface area contributed by atoms with Crippen LogP contribution in [0.2, 0.25) is 0 Å². The molecule has 1 aliphatic carbocycles. The van der Waals surface area contributed by atoms with Crippen molar-refractivity contribution in [2.24, 2.45) is 0 Å². The summed E-state index contributed by atoms with van der Waals surface area (Å²) in [6, 6.07) is 0. The van der Waals surface area contributed by atoms with E-state index in [-0.39, 0.29) is 0 Å². The Labute approximate surface area is 122 Å². The van der Waals surface area contributed by atoms with E-state index in [0.29, 0.717) is 0 Å². The van der Waals surface area contributed by atoms with Crippen molar-refractivity contribution >= 4 is 0 Å². The molecule has 0 saturated carbocycles. The van der Waals surface area contributed by atoms with Crippen LogP contribution in [0.4, 0.5) is 0 Å². The van der Waals surface area contributed by atoms with E-state index >= 15 is 0 Å². The highest BCUT2D eigenvalue weighted by atomic mass is 15.1. The number of aromatic amines is 1. The first-order valence-corrected chi connectivity index (χ1v) is 8.41. The minimum absolute atomic E-state index is 0.936. The monoisotopic (exact) mass is 276 g/mol. The highest BCUT2D eigenvalue weighted by Crippen LogP contribution is 2.21. The third-order valence-electron chi connectivity index (χ3n) is 4.71. The lowest BCUT2D eigenvalue weighted by Crippen LogP contribution is -2.32. The second kappa shape index (κ2) is 7.23. The smallest absolute Gasteiger partial charge is 0.0794 e. The molecular formula is C16H28N4. The number of nitrogens with one attached hydrogen (secondary N) is 2. The molecule has 3 rings (SSSR count). The van der Waals surface area contributed by atoms with Gasteiger partial charge in [-0.1, -0.05) is 6.42 Å². The van der Waals surface area contributed by atoms with Gasteiger partial charge in [-0.15, -0.1) is 0 Å². The minimum Gasteiger partial charge on any atom is -0.311 e. The molecule has 1 aliphatic heterocycles. The number of piperidine rings is 1. The van der Waals surface area contributed by atoms with Gasteiger partial charge >= 0.3 is 0 Å². The normalized spacial score (nSPS) is 20.0. The Morgan fingerprint density at radius 1 is 1.05 bits per heavy atom. The number of hydrogen-bond donors (Lipinski definition) is 2. The number of nitrogens with zero attached hydrogens (tertiary/aromatic N) is 2. The molecule has 112 valence electrons. The van der Waals surface area contributed by atoms with Crippen molar-refractivity contribution in [2.45, 2.75) is 57.9 Å². The first-order valence-electron chi connectivity index (χ1n) is 8.41. The van der Waals surface area contributed by atoms with Crippen LogP contribution in [0.5, 0.6) is 0 Å². The lowest BCUT2D eigenvalue weighted by molar-refractivity contribution is 0.225. The lowest BCUT2D eigenvalue weighted by atomic mass is 9.96. The molecule has 4 nitrogen and oxygen atoms in total. The molecule has 1 saturated heterocycles. The molecule has 0 spiro atoms. The van der Waals surface area contributed by atoms with Gasteiger partial charge in [0, 0.05) is 12.2 Å². The van der Waals surface area contributed by atoms with Crippen molar-refractivity contribution in [2.75, 3.05) is 26.2 Å². The fraction of sp³-hybridized carbons (Fsp3) is 0.812. The second-order valence-electron chi connectivity index (χ2n) is 6.27. The summed E-state index contributed by atoms with van der Waals surface area (Å²) in [5.41, 5.74) is 4.15. The zero-order chi connectivity index (χ0) is 13.6. The van der Waals surface area contributed by atoms with Crippen LogP contribution < -0.4 is 5.32 Å². The first kappa shape index (κ1) is 14.1. The molecule has 4 heteroatoms. The third-order valence-corrected chi connectivity index (χ3v) is 4.71. The second-order valence-corrected chi connectivity index (χ2v) is 6.27. The van der Waals surface area contributed by atoms with E-state index in [2.05, 4.69) is 20.4 Å². The zero-order valence-electron chi connectivity index (χ0n) is 12.6. The molecule has 0 unspecified atom stereocenters. The molecule has 0 amide bonds. The minimum atomic E-state index is 0.936. The molecular weight excluding hydrogens is 248 g/mol. The van der Waals surface area contributed by atoms with Gasteiger partial charge in [0.2, 0.25) is 0 Å². The summed E-state index contributed by atoms with van der Waals surface area (Å²) in [7, 11) is 0. The molecule has 1 aromatic heterocycles. The van der Waals surface area contributed by atoms with Gasteiger partial charge in [-0.3, -0.25) is 5.10 Å². The van der Waals surface area contributed by atoms with Gasteiger partial charge in [-0.05, 0) is 76.7 Å². The molecule has 2 aliphatic rings. The Morgan fingerprint density at radius 2 is 1.90 bits per heavy atom. The van der Waals surface area contributed by atoms with E-state index in [4.69, 9.17) is 0 Å². The van der Waals surface area contributed by atoms with Gasteiger partial charge in [0.05, 0.1) is 5.69 Å². The molecule has 0 atom stereocenters. The Balaban J connectivity index is 1.34. The zero-order valence-corrected chi connectivity index (χ0v) is 12.6. The van der Waals surface area contributed by atoms with Gasteiger partial charge in [-0.25, -0.2) is 0 Å². The molecule has 1 fully saturated rings. The number of fused-ring (bicyclic) bond motifs is 1. The fourth-order valence-corrected chi connectivity index (χ4v) is 3.51. The van der Waals surface area contributed by atoms with E-state index in [1.807, 2.05) is 0 Å². The van der Waals surface area contributed by atoms with Crippen LogP contribution >= 0.6 is 0 Å². The maximum absolute atomic E-state index is 4.49. The lowest BCUT2D eigenvalue weighted by Gasteiger charge is -2.26. The Morgan fingerprint density at radius 3 is 2.80 bits per heavy atom. The average Bonchev–Trinajstić information content (AvgIpc) is 2.91. The van der Waals surface area contributed by atoms with Crippen LogP contribution in [0.1, 0.15) is 55.5 Å². The molecule has 0 bridgehead atoms. The summed E-state index contributed by atoms with van der Waals surface area (Å²) in [4.78, 5) is 2.61. The van der Waals surface area contributed by atoms with Gasteiger partial charge in [0.1, 0.15) is 0 Å². The molecule has 20 heavy (non-hydrogen) atoms.